The molecule has 0 aliphatic carbocycles. The van der Waals surface area contributed by atoms with E-state index in [1.54, 1.807) is 0 Å². The molecule has 0 aromatic rings. The molecule has 4 heteroatoms. The first kappa shape index (κ1) is 10.9. The van der Waals surface area contributed by atoms with Crippen LogP contribution in [0.3, 0.4) is 0 Å². The molecule has 1 N–H and O–H groups in total. The van der Waals surface area contributed by atoms with Gasteiger partial charge in [0, 0.05) is 37.8 Å². The number of carbonyl (C=O) groups excluding carboxylic acids is 1. The second-order valence-electron chi connectivity index (χ2n) is 5.55. The summed E-state index contributed by atoms with van der Waals surface area (Å²) in [6.45, 7) is 11.3. The first-order valence-corrected chi connectivity index (χ1v) is 5.72. The Kier molecular flexibility index (Phi) is 2.73. The van der Waals surface area contributed by atoms with Crippen LogP contribution in [0, 0.1) is 0 Å². The van der Waals surface area contributed by atoms with Crippen LogP contribution in [-0.2, 0) is 4.79 Å². The van der Waals surface area contributed by atoms with Crippen LogP contribution in [-0.4, -0.2) is 60.0 Å². The van der Waals surface area contributed by atoms with E-state index in [9.17, 15) is 4.79 Å². The number of nitrogens with one attached hydrogen (secondary N) is 1. The highest BCUT2D eigenvalue weighted by atomic mass is 16.2. The maximum atomic E-state index is 11.2. The van der Waals surface area contributed by atoms with Gasteiger partial charge in [-0.15, -0.1) is 0 Å². The molecule has 2 aliphatic rings. The van der Waals surface area contributed by atoms with Crippen LogP contribution in [0.2, 0.25) is 0 Å². The lowest BCUT2D eigenvalue weighted by atomic mass is 9.96. The third-order valence-corrected chi connectivity index (χ3v) is 3.40. The Hall–Kier alpha value is -0.610. The van der Waals surface area contributed by atoms with Gasteiger partial charge in [-0.2, -0.15) is 0 Å². The van der Waals surface area contributed by atoms with Crippen molar-refractivity contribution in [3.63, 3.8) is 0 Å². The van der Waals surface area contributed by atoms with Crippen LogP contribution in [0.25, 0.3) is 0 Å². The lowest BCUT2D eigenvalue weighted by Gasteiger charge is -2.52. The normalized spacial score (nSPS) is 26.2. The number of nitrogens with zero attached hydrogens (tertiary/aromatic N) is 2. The number of hydrogen-bond acceptors (Lipinski definition) is 3. The topological polar surface area (TPSA) is 35.6 Å². The summed E-state index contributed by atoms with van der Waals surface area (Å²) in [4.78, 5) is 16.0. The largest absolute Gasteiger partial charge is 0.354 e. The van der Waals surface area contributed by atoms with Crippen LogP contribution in [0.15, 0.2) is 0 Å². The van der Waals surface area contributed by atoms with E-state index in [0.29, 0.717) is 12.6 Å². The van der Waals surface area contributed by atoms with E-state index in [1.165, 1.54) is 0 Å². The zero-order valence-electron chi connectivity index (χ0n) is 9.92. The maximum absolute atomic E-state index is 11.2. The van der Waals surface area contributed by atoms with E-state index < -0.39 is 0 Å². The van der Waals surface area contributed by atoms with Crippen molar-refractivity contribution in [2.75, 3.05) is 32.7 Å². The van der Waals surface area contributed by atoms with Gasteiger partial charge in [0.05, 0.1) is 6.54 Å². The van der Waals surface area contributed by atoms with Crippen LogP contribution in [0.4, 0.5) is 0 Å². The van der Waals surface area contributed by atoms with Gasteiger partial charge >= 0.3 is 0 Å². The van der Waals surface area contributed by atoms with Gasteiger partial charge in [-0.1, -0.05) is 0 Å². The number of carbonyl (C=O) groups is 1. The van der Waals surface area contributed by atoms with Crippen molar-refractivity contribution in [1.29, 1.82) is 0 Å². The fraction of sp³-hybridized carbons (Fsp3) is 0.909. The third-order valence-electron chi connectivity index (χ3n) is 3.40. The van der Waals surface area contributed by atoms with Crippen molar-refractivity contribution in [3.05, 3.63) is 0 Å². The van der Waals surface area contributed by atoms with Gasteiger partial charge in [0.1, 0.15) is 0 Å². The Morgan fingerprint density at radius 3 is 2.53 bits per heavy atom. The molecule has 0 aromatic heterocycles. The molecule has 2 aliphatic heterocycles. The summed E-state index contributed by atoms with van der Waals surface area (Å²) in [5.41, 5.74) is 0.272. The highest BCUT2D eigenvalue weighted by molar-refractivity contribution is 5.78. The van der Waals surface area contributed by atoms with Crippen molar-refractivity contribution < 1.29 is 4.79 Å². The van der Waals surface area contributed by atoms with E-state index in [4.69, 9.17) is 0 Å². The molecule has 0 bridgehead atoms. The second kappa shape index (κ2) is 3.76. The molecule has 2 fully saturated rings. The average molecular weight is 211 g/mol. The third kappa shape index (κ3) is 2.32. The number of rotatable bonds is 1. The smallest absolute Gasteiger partial charge is 0.234 e. The summed E-state index contributed by atoms with van der Waals surface area (Å²) in [7, 11) is 0. The maximum Gasteiger partial charge on any atom is 0.234 e. The van der Waals surface area contributed by atoms with Gasteiger partial charge in [0.15, 0.2) is 0 Å². The zero-order valence-corrected chi connectivity index (χ0v) is 9.92. The lowest BCUT2D eigenvalue weighted by molar-refractivity contribution is -0.127. The monoisotopic (exact) mass is 211 g/mol. The summed E-state index contributed by atoms with van der Waals surface area (Å²) < 4.78 is 0. The molecule has 0 aromatic carbocycles. The zero-order chi connectivity index (χ0) is 11.1. The predicted octanol–water partition coefficient (Wildman–Crippen LogP) is -0.0991. The highest BCUT2D eigenvalue weighted by Crippen LogP contribution is 2.24. The van der Waals surface area contributed by atoms with Crippen LogP contribution in [0.1, 0.15) is 20.8 Å². The van der Waals surface area contributed by atoms with Crippen molar-refractivity contribution in [1.82, 2.24) is 15.1 Å². The van der Waals surface area contributed by atoms with Gasteiger partial charge in [0.2, 0.25) is 5.91 Å². The van der Waals surface area contributed by atoms with E-state index in [2.05, 4.69) is 35.9 Å². The van der Waals surface area contributed by atoms with Crippen LogP contribution in [0.5, 0.6) is 0 Å². The first-order valence-electron chi connectivity index (χ1n) is 5.72. The molecule has 0 spiro atoms. The SMILES string of the molecule is CC(C)(C)N1CC(N2CCNC(=O)C2)C1. The molecule has 0 atom stereocenters. The molecular formula is C11H21N3O. The highest BCUT2D eigenvalue weighted by Gasteiger charge is 2.38. The van der Waals surface area contributed by atoms with Gasteiger partial charge in [-0.05, 0) is 20.8 Å². The van der Waals surface area contributed by atoms with Gasteiger partial charge in [0.25, 0.3) is 0 Å². The summed E-state index contributed by atoms with van der Waals surface area (Å²) in [6, 6.07) is 0.593. The molecule has 0 saturated carbocycles. The molecule has 2 rings (SSSR count). The Morgan fingerprint density at radius 2 is 2.00 bits per heavy atom. The molecule has 2 heterocycles. The molecular weight excluding hydrogens is 190 g/mol. The minimum Gasteiger partial charge on any atom is -0.354 e. The summed E-state index contributed by atoms with van der Waals surface area (Å²) in [5, 5.41) is 2.86. The Morgan fingerprint density at radius 1 is 1.33 bits per heavy atom. The number of piperazine rings is 1. The molecule has 0 radical (unpaired) electrons. The Balaban J connectivity index is 1.81. The Bertz CT molecular complexity index is 253. The lowest BCUT2D eigenvalue weighted by Crippen LogP contribution is -2.67. The van der Waals surface area contributed by atoms with Gasteiger partial charge in [-0.3, -0.25) is 14.6 Å². The average Bonchev–Trinajstić information content (AvgIpc) is 1.97. The fourth-order valence-electron chi connectivity index (χ4n) is 2.20. The molecule has 15 heavy (non-hydrogen) atoms. The molecule has 1 amide bonds. The van der Waals surface area contributed by atoms with Crippen molar-refractivity contribution >= 4 is 5.91 Å². The molecule has 86 valence electrons. The van der Waals surface area contributed by atoms with Crippen molar-refractivity contribution in [2.45, 2.75) is 32.4 Å². The predicted molar refractivity (Wildman–Crippen MR) is 59.7 cm³/mol. The molecule has 2 saturated heterocycles. The van der Waals surface area contributed by atoms with Crippen LogP contribution < -0.4 is 5.32 Å². The first-order chi connectivity index (χ1) is 6.97. The van der Waals surface area contributed by atoms with Crippen molar-refractivity contribution in [2.24, 2.45) is 0 Å². The minimum atomic E-state index is 0.176. The molecule has 0 unspecified atom stereocenters. The number of likely N-dealkylation sites (tertiary alicyclic amines) is 1. The number of hydrogen-bond donors (Lipinski definition) is 1. The summed E-state index contributed by atoms with van der Waals surface area (Å²) in [6.07, 6.45) is 0. The van der Waals surface area contributed by atoms with E-state index in [1.807, 2.05) is 0 Å². The summed E-state index contributed by atoms with van der Waals surface area (Å²) >= 11 is 0. The second-order valence-corrected chi connectivity index (χ2v) is 5.55. The van der Waals surface area contributed by atoms with E-state index in [0.717, 1.165) is 26.2 Å². The summed E-state index contributed by atoms with van der Waals surface area (Å²) in [5.74, 6) is 0.176. The quantitative estimate of drug-likeness (QED) is 0.658. The standard InChI is InChI=1S/C11H21N3O/c1-11(2,3)14-6-9(7-14)13-5-4-12-10(15)8-13/h9H,4-8H2,1-3H3,(H,12,15). The fourth-order valence-corrected chi connectivity index (χ4v) is 2.20. The molecule has 4 nitrogen and oxygen atoms in total. The van der Waals surface area contributed by atoms with E-state index >= 15 is 0 Å². The number of amides is 1. The van der Waals surface area contributed by atoms with Gasteiger partial charge < -0.3 is 5.32 Å². The Labute approximate surface area is 91.6 Å². The van der Waals surface area contributed by atoms with E-state index in [-0.39, 0.29) is 11.4 Å². The minimum absolute atomic E-state index is 0.176. The van der Waals surface area contributed by atoms with Crippen molar-refractivity contribution in [3.8, 4) is 0 Å². The van der Waals surface area contributed by atoms with Crippen LogP contribution >= 0.6 is 0 Å². The van der Waals surface area contributed by atoms with Gasteiger partial charge in [-0.25, -0.2) is 0 Å².